The van der Waals surface area contributed by atoms with Crippen molar-refractivity contribution in [2.75, 3.05) is 21.2 Å². The van der Waals surface area contributed by atoms with Crippen LogP contribution in [0.15, 0.2) is 54.6 Å². The second-order valence-electron chi connectivity index (χ2n) is 7.80. The van der Waals surface area contributed by atoms with E-state index in [1.165, 1.54) is 12.0 Å². The average Bonchev–Trinajstić information content (AvgIpc) is 2.64. The zero-order valence-electron chi connectivity index (χ0n) is 16.6. The predicted molar refractivity (Wildman–Crippen MR) is 114 cm³/mol. The first-order valence-corrected chi connectivity index (χ1v) is 9.60. The van der Waals surface area contributed by atoms with Crippen molar-refractivity contribution in [3.63, 3.8) is 0 Å². The minimum absolute atomic E-state index is 0. The fourth-order valence-corrected chi connectivity index (χ4v) is 4.60. The summed E-state index contributed by atoms with van der Waals surface area (Å²) in [5, 5.41) is 11.8. The number of halogens is 1. The van der Waals surface area contributed by atoms with Crippen molar-refractivity contribution in [1.29, 1.82) is 0 Å². The van der Waals surface area contributed by atoms with Gasteiger partial charge in [0.2, 0.25) is 0 Å². The standard InChI is InChI=1S/C23H31NO2.ClH/c1-24(2)22(19-11-5-4-6-12-19)21-14-7-8-15-23(21,25)17-18-10-9-13-20(16-18)26-3;/h4-6,9-13,16,21-22,25H,7-8,14-15,17H2,1-3H3;1H. The summed E-state index contributed by atoms with van der Waals surface area (Å²) in [5.41, 5.74) is 1.73. The lowest BCUT2D eigenvalue weighted by Gasteiger charge is -2.46. The highest BCUT2D eigenvalue weighted by Crippen LogP contribution is 2.45. The zero-order chi connectivity index (χ0) is 18.6. The number of ether oxygens (including phenoxy) is 1. The SMILES string of the molecule is COc1cccc(CC2(O)CCCCC2C(c2ccccc2)N(C)C)c1.Cl. The van der Waals surface area contributed by atoms with Gasteiger partial charge in [-0.25, -0.2) is 0 Å². The van der Waals surface area contributed by atoms with Crippen LogP contribution in [0.1, 0.15) is 42.9 Å². The van der Waals surface area contributed by atoms with Crippen LogP contribution in [0.4, 0.5) is 0 Å². The molecule has 3 atom stereocenters. The predicted octanol–water partition coefficient (Wildman–Crippen LogP) is 4.88. The summed E-state index contributed by atoms with van der Waals surface area (Å²) >= 11 is 0. The molecule has 1 aliphatic rings. The highest BCUT2D eigenvalue weighted by atomic mass is 35.5. The third-order valence-corrected chi connectivity index (χ3v) is 5.79. The van der Waals surface area contributed by atoms with Crippen LogP contribution in [0.5, 0.6) is 5.75 Å². The van der Waals surface area contributed by atoms with Crippen molar-refractivity contribution in [2.24, 2.45) is 5.92 Å². The number of hydrogen-bond acceptors (Lipinski definition) is 3. The highest BCUT2D eigenvalue weighted by Gasteiger charge is 2.44. The van der Waals surface area contributed by atoms with Gasteiger partial charge >= 0.3 is 0 Å². The van der Waals surface area contributed by atoms with Gasteiger partial charge in [-0.1, -0.05) is 55.3 Å². The smallest absolute Gasteiger partial charge is 0.119 e. The monoisotopic (exact) mass is 389 g/mol. The molecule has 0 bridgehead atoms. The Bertz CT molecular complexity index is 707. The first kappa shape index (κ1) is 21.7. The topological polar surface area (TPSA) is 32.7 Å². The number of methoxy groups -OCH3 is 1. The van der Waals surface area contributed by atoms with Crippen molar-refractivity contribution in [1.82, 2.24) is 4.90 Å². The van der Waals surface area contributed by atoms with E-state index in [2.05, 4.69) is 61.5 Å². The highest BCUT2D eigenvalue weighted by molar-refractivity contribution is 5.85. The molecule has 0 heterocycles. The summed E-state index contributed by atoms with van der Waals surface area (Å²) in [6.07, 6.45) is 4.85. The second kappa shape index (κ2) is 9.59. The van der Waals surface area contributed by atoms with E-state index < -0.39 is 5.60 Å². The Kier molecular flexibility index (Phi) is 7.72. The average molecular weight is 390 g/mol. The van der Waals surface area contributed by atoms with E-state index in [4.69, 9.17) is 4.74 Å². The van der Waals surface area contributed by atoms with Gasteiger partial charge in [0.25, 0.3) is 0 Å². The molecule has 1 saturated carbocycles. The Morgan fingerprint density at radius 1 is 1.11 bits per heavy atom. The third kappa shape index (κ3) is 5.04. The van der Waals surface area contributed by atoms with Gasteiger partial charge in [0, 0.05) is 18.4 Å². The molecule has 2 aromatic rings. The molecule has 0 aliphatic heterocycles. The maximum atomic E-state index is 11.8. The van der Waals surface area contributed by atoms with E-state index in [1.54, 1.807) is 7.11 Å². The molecule has 0 aromatic heterocycles. The maximum Gasteiger partial charge on any atom is 0.119 e. The molecule has 1 aliphatic carbocycles. The Labute approximate surface area is 169 Å². The van der Waals surface area contributed by atoms with Crippen molar-refractivity contribution < 1.29 is 9.84 Å². The molecule has 27 heavy (non-hydrogen) atoms. The van der Waals surface area contributed by atoms with E-state index in [-0.39, 0.29) is 24.4 Å². The number of nitrogens with zero attached hydrogens (tertiary/aromatic N) is 1. The maximum absolute atomic E-state index is 11.8. The molecule has 4 heteroatoms. The summed E-state index contributed by atoms with van der Waals surface area (Å²) < 4.78 is 5.37. The van der Waals surface area contributed by atoms with Crippen LogP contribution in [0.2, 0.25) is 0 Å². The summed E-state index contributed by atoms with van der Waals surface area (Å²) in [6.45, 7) is 0. The van der Waals surface area contributed by atoms with Crippen LogP contribution in [0, 0.1) is 5.92 Å². The van der Waals surface area contributed by atoms with E-state index in [0.29, 0.717) is 6.42 Å². The first-order chi connectivity index (χ1) is 12.5. The number of aliphatic hydroxyl groups is 1. The largest absolute Gasteiger partial charge is 0.497 e. The van der Waals surface area contributed by atoms with Crippen molar-refractivity contribution in [3.8, 4) is 5.75 Å². The Morgan fingerprint density at radius 2 is 1.85 bits per heavy atom. The van der Waals surface area contributed by atoms with Crippen LogP contribution in [0.25, 0.3) is 0 Å². The molecule has 1 N–H and O–H groups in total. The molecule has 3 unspecified atom stereocenters. The van der Waals surface area contributed by atoms with Crippen molar-refractivity contribution in [2.45, 2.75) is 43.7 Å². The summed E-state index contributed by atoms with van der Waals surface area (Å²) in [4.78, 5) is 2.27. The van der Waals surface area contributed by atoms with Gasteiger partial charge < -0.3 is 14.7 Å². The lowest BCUT2D eigenvalue weighted by Crippen LogP contribution is -2.48. The Balaban J connectivity index is 0.00000261. The lowest BCUT2D eigenvalue weighted by molar-refractivity contribution is -0.0770. The number of rotatable bonds is 6. The van der Waals surface area contributed by atoms with Crippen LogP contribution in [0.3, 0.4) is 0 Å². The summed E-state index contributed by atoms with van der Waals surface area (Å²) in [6, 6.07) is 18.9. The van der Waals surface area contributed by atoms with E-state index >= 15 is 0 Å². The number of benzene rings is 2. The molecular weight excluding hydrogens is 358 g/mol. The minimum Gasteiger partial charge on any atom is -0.497 e. The van der Waals surface area contributed by atoms with Gasteiger partial charge in [0.05, 0.1) is 12.7 Å². The van der Waals surface area contributed by atoms with Crippen molar-refractivity contribution in [3.05, 3.63) is 65.7 Å². The molecule has 1 fully saturated rings. The molecule has 0 saturated heterocycles. The molecule has 0 amide bonds. The Hall–Kier alpha value is -1.55. The number of hydrogen-bond donors (Lipinski definition) is 1. The first-order valence-electron chi connectivity index (χ1n) is 9.60. The fourth-order valence-electron chi connectivity index (χ4n) is 4.60. The van der Waals surface area contributed by atoms with E-state index in [0.717, 1.165) is 30.6 Å². The summed E-state index contributed by atoms with van der Waals surface area (Å²) in [5.74, 6) is 1.06. The molecule has 3 rings (SSSR count). The molecular formula is C23H32ClNO2. The Morgan fingerprint density at radius 3 is 2.52 bits per heavy atom. The van der Waals surface area contributed by atoms with Crippen LogP contribution in [-0.4, -0.2) is 36.8 Å². The molecule has 148 valence electrons. The minimum atomic E-state index is -0.699. The van der Waals surface area contributed by atoms with Gasteiger partial charge in [0.1, 0.15) is 5.75 Å². The van der Waals surface area contributed by atoms with Gasteiger partial charge in [-0.2, -0.15) is 0 Å². The lowest BCUT2D eigenvalue weighted by atomic mass is 9.67. The molecule has 0 radical (unpaired) electrons. The van der Waals surface area contributed by atoms with Gasteiger partial charge in [-0.15, -0.1) is 12.4 Å². The normalized spacial score (nSPS) is 23.5. The van der Waals surface area contributed by atoms with Gasteiger partial charge in [-0.05, 0) is 50.2 Å². The van der Waals surface area contributed by atoms with Crippen LogP contribution >= 0.6 is 12.4 Å². The van der Waals surface area contributed by atoms with Crippen LogP contribution in [-0.2, 0) is 6.42 Å². The molecule has 3 nitrogen and oxygen atoms in total. The fraction of sp³-hybridized carbons (Fsp3) is 0.478. The van der Waals surface area contributed by atoms with Gasteiger partial charge in [-0.3, -0.25) is 0 Å². The van der Waals surface area contributed by atoms with E-state index in [9.17, 15) is 5.11 Å². The second-order valence-corrected chi connectivity index (χ2v) is 7.80. The third-order valence-electron chi connectivity index (χ3n) is 5.79. The quantitative estimate of drug-likeness (QED) is 0.763. The van der Waals surface area contributed by atoms with Crippen LogP contribution < -0.4 is 4.74 Å². The van der Waals surface area contributed by atoms with Crippen molar-refractivity contribution >= 4 is 12.4 Å². The summed E-state index contributed by atoms with van der Waals surface area (Å²) in [7, 11) is 5.94. The molecule has 0 spiro atoms. The zero-order valence-corrected chi connectivity index (χ0v) is 17.4. The molecule has 2 aromatic carbocycles. The van der Waals surface area contributed by atoms with Gasteiger partial charge in [0.15, 0.2) is 0 Å². The van der Waals surface area contributed by atoms with E-state index in [1.807, 2.05) is 12.1 Å².